The van der Waals surface area contributed by atoms with E-state index in [0.717, 1.165) is 39.1 Å². The number of benzene rings is 4. The molecule has 0 unspecified atom stereocenters. The van der Waals surface area contributed by atoms with Crippen LogP contribution in [0.15, 0.2) is 96.2 Å². The van der Waals surface area contributed by atoms with Gasteiger partial charge in [-0.1, -0.05) is 89.6 Å². The van der Waals surface area contributed by atoms with Gasteiger partial charge >= 0.3 is 0 Å². The minimum atomic E-state index is -0.0862. The van der Waals surface area contributed by atoms with Gasteiger partial charge in [-0.2, -0.15) is 0 Å². The highest BCUT2D eigenvalue weighted by molar-refractivity contribution is 7.99. The Balaban J connectivity index is 1.42. The maximum atomic E-state index is 12.9. The van der Waals surface area contributed by atoms with Gasteiger partial charge < -0.3 is 5.32 Å². The minimum Gasteiger partial charge on any atom is -0.325 e. The highest BCUT2D eigenvalue weighted by Gasteiger charge is 2.18. The number of nitrogens with zero attached hydrogens (tertiary/aromatic N) is 3. The van der Waals surface area contributed by atoms with Crippen LogP contribution in [0.2, 0.25) is 0 Å². The summed E-state index contributed by atoms with van der Waals surface area (Å²) in [5.74, 6) is 0.891. The predicted octanol–water partition coefficient (Wildman–Crippen LogP) is 6.44. The van der Waals surface area contributed by atoms with Crippen molar-refractivity contribution in [1.29, 1.82) is 0 Å². The first-order valence-electron chi connectivity index (χ1n) is 11.1. The summed E-state index contributed by atoms with van der Waals surface area (Å²) in [5.41, 5.74) is 5.09. The van der Waals surface area contributed by atoms with E-state index in [2.05, 4.69) is 65.8 Å². The van der Waals surface area contributed by atoms with Crippen molar-refractivity contribution in [3.05, 3.63) is 102 Å². The van der Waals surface area contributed by atoms with Crippen LogP contribution < -0.4 is 5.32 Å². The van der Waals surface area contributed by atoms with E-state index < -0.39 is 0 Å². The topological polar surface area (TPSA) is 59.8 Å². The van der Waals surface area contributed by atoms with E-state index >= 15 is 0 Å². The van der Waals surface area contributed by atoms with Gasteiger partial charge in [-0.3, -0.25) is 9.36 Å². The lowest BCUT2D eigenvalue weighted by Gasteiger charge is -2.12. The van der Waals surface area contributed by atoms with Crippen LogP contribution in [-0.4, -0.2) is 26.4 Å². The SMILES string of the molecule is Cc1ccc(-n2c(SCC(=O)Nc3cccc4ccccc34)nnc2-c2cccc(C)c2)cc1. The number of hydrogen-bond donors (Lipinski definition) is 1. The second-order valence-electron chi connectivity index (χ2n) is 8.21. The Kier molecular flexibility index (Phi) is 6.14. The lowest BCUT2D eigenvalue weighted by Crippen LogP contribution is -2.14. The summed E-state index contributed by atoms with van der Waals surface area (Å²) in [6.07, 6.45) is 0. The van der Waals surface area contributed by atoms with Gasteiger partial charge in [-0.15, -0.1) is 10.2 Å². The number of carbonyl (C=O) groups is 1. The summed E-state index contributed by atoms with van der Waals surface area (Å²) in [7, 11) is 0. The molecule has 0 aliphatic carbocycles. The van der Waals surface area contributed by atoms with Crippen molar-refractivity contribution in [2.45, 2.75) is 19.0 Å². The average molecular weight is 465 g/mol. The Labute approximate surface area is 202 Å². The third-order valence-electron chi connectivity index (χ3n) is 5.60. The van der Waals surface area contributed by atoms with E-state index in [0.29, 0.717) is 5.16 Å². The fourth-order valence-electron chi connectivity index (χ4n) is 3.91. The Morgan fingerprint density at radius 3 is 2.44 bits per heavy atom. The van der Waals surface area contributed by atoms with Gasteiger partial charge in [-0.05, 0) is 43.5 Å². The van der Waals surface area contributed by atoms with Crippen molar-refractivity contribution in [2.75, 3.05) is 11.1 Å². The minimum absolute atomic E-state index is 0.0862. The second kappa shape index (κ2) is 9.53. The van der Waals surface area contributed by atoms with Crippen LogP contribution in [-0.2, 0) is 4.79 Å². The largest absolute Gasteiger partial charge is 0.325 e. The zero-order valence-corrected chi connectivity index (χ0v) is 19.8. The predicted molar refractivity (Wildman–Crippen MR) is 140 cm³/mol. The summed E-state index contributed by atoms with van der Waals surface area (Å²) in [6.45, 7) is 4.12. The van der Waals surface area contributed by atoms with Gasteiger partial charge in [0.1, 0.15) is 0 Å². The number of aryl methyl sites for hydroxylation is 2. The number of hydrogen-bond acceptors (Lipinski definition) is 4. The second-order valence-corrected chi connectivity index (χ2v) is 9.15. The van der Waals surface area contributed by atoms with Crippen LogP contribution in [0.4, 0.5) is 5.69 Å². The van der Waals surface area contributed by atoms with Crippen molar-refractivity contribution in [3.63, 3.8) is 0 Å². The summed E-state index contributed by atoms with van der Waals surface area (Å²) in [6, 6.07) is 30.4. The highest BCUT2D eigenvalue weighted by atomic mass is 32.2. The van der Waals surface area contributed by atoms with Crippen LogP contribution in [0.1, 0.15) is 11.1 Å². The highest BCUT2D eigenvalue weighted by Crippen LogP contribution is 2.29. The molecule has 0 fully saturated rings. The van der Waals surface area contributed by atoms with Gasteiger partial charge in [0.05, 0.1) is 5.75 Å². The van der Waals surface area contributed by atoms with E-state index in [1.165, 1.54) is 17.3 Å². The average Bonchev–Trinajstić information content (AvgIpc) is 3.27. The molecular formula is C28H24N4OS. The van der Waals surface area contributed by atoms with Gasteiger partial charge in [0.15, 0.2) is 11.0 Å². The Bertz CT molecular complexity index is 1470. The molecule has 1 heterocycles. The van der Waals surface area contributed by atoms with E-state index in [1.54, 1.807) is 0 Å². The molecule has 0 radical (unpaired) electrons. The molecule has 1 N–H and O–H groups in total. The normalized spacial score (nSPS) is 11.0. The number of thioether (sulfide) groups is 1. The van der Waals surface area contributed by atoms with Crippen molar-refractivity contribution < 1.29 is 4.79 Å². The monoisotopic (exact) mass is 464 g/mol. The first kappa shape index (κ1) is 21.9. The van der Waals surface area contributed by atoms with Crippen LogP contribution in [0.3, 0.4) is 0 Å². The zero-order valence-electron chi connectivity index (χ0n) is 19.0. The molecule has 0 spiro atoms. The van der Waals surface area contributed by atoms with E-state index in [4.69, 9.17) is 0 Å². The number of aromatic nitrogens is 3. The van der Waals surface area contributed by atoms with Crippen molar-refractivity contribution >= 4 is 34.1 Å². The molecule has 0 aliphatic heterocycles. The summed E-state index contributed by atoms with van der Waals surface area (Å²) in [5, 5.41) is 14.8. The lowest BCUT2D eigenvalue weighted by atomic mass is 10.1. The maximum absolute atomic E-state index is 12.9. The molecule has 1 aromatic heterocycles. The molecule has 0 bridgehead atoms. The fourth-order valence-corrected chi connectivity index (χ4v) is 4.66. The molecular weight excluding hydrogens is 440 g/mol. The van der Waals surface area contributed by atoms with E-state index in [9.17, 15) is 4.79 Å². The summed E-state index contributed by atoms with van der Waals surface area (Å²) >= 11 is 1.38. The van der Waals surface area contributed by atoms with Crippen molar-refractivity contribution in [2.24, 2.45) is 0 Å². The smallest absolute Gasteiger partial charge is 0.234 e. The van der Waals surface area contributed by atoms with Gasteiger partial charge in [0.25, 0.3) is 0 Å². The lowest BCUT2D eigenvalue weighted by molar-refractivity contribution is -0.113. The number of fused-ring (bicyclic) bond motifs is 1. The van der Waals surface area contributed by atoms with E-state index in [1.807, 2.05) is 59.2 Å². The molecule has 0 atom stereocenters. The van der Waals surface area contributed by atoms with Crippen LogP contribution >= 0.6 is 11.8 Å². The van der Waals surface area contributed by atoms with Gasteiger partial charge in [0.2, 0.25) is 5.91 Å². The van der Waals surface area contributed by atoms with E-state index in [-0.39, 0.29) is 11.7 Å². The summed E-state index contributed by atoms with van der Waals surface area (Å²) in [4.78, 5) is 12.9. The number of anilines is 1. The molecule has 6 heteroatoms. The first-order valence-corrected chi connectivity index (χ1v) is 12.1. The standard InChI is InChI=1S/C28H24N4OS/c1-19-13-15-23(16-14-19)32-27(22-10-5-7-20(2)17-22)30-31-28(32)34-18-26(33)29-25-12-6-9-21-8-3-4-11-24(21)25/h3-17H,18H2,1-2H3,(H,29,33). The van der Waals surface area contributed by atoms with Gasteiger partial charge in [0, 0.05) is 22.3 Å². The molecule has 4 aromatic carbocycles. The van der Waals surface area contributed by atoms with Crippen LogP contribution in [0, 0.1) is 13.8 Å². The van der Waals surface area contributed by atoms with Crippen LogP contribution in [0.25, 0.3) is 27.8 Å². The number of nitrogens with one attached hydrogen (secondary N) is 1. The number of amides is 1. The van der Waals surface area contributed by atoms with Crippen molar-refractivity contribution in [3.8, 4) is 17.1 Å². The van der Waals surface area contributed by atoms with Gasteiger partial charge in [-0.25, -0.2) is 0 Å². The van der Waals surface area contributed by atoms with Crippen LogP contribution in [0.5, 0.6) is 0 Å². The molecule has 0 saturated carbocycles. The molecule has 0 aliphatic rings. The molecule has 0 saturated heterocycles. The molecule has 1 amide bonds. The molecule has 34 heavy (non-hydrogen) atoms. The molecule has 5 nitrogen and oxygen atoms in total. The third-order valence-corrected chi connectivity index (χ3v) is 6.53. The molecule has 5 aromatic rings. The quantitative estimate of drug-likeness (QED) is 0.294. The van der Waals surface area contributed by atoms with Crippen molar-refractivity contribution in [1.82, 2.24) is 14.8 Å². The first-order chi connectivity index (χ1) is 16.6. The Morgan fingerprint density at radius 1 is 0.853 bits per heavy atom. The Hall–Kier alpha value is -3.90. The Morgan fingerprint density at radius 2 is 1.62 bits per heavy atom. The molecule has 5 rings (SSSR count). The summed E-state index contributed by atoms with van der Waals surface area (Å²) < 4.78 is 2.02. The third kappa shape index (κ3) is 4.58. The number of rotatable bonds is 6. The maximum Gasteiger partial charge on any atom is 0.234 e. The molecule has 168 valence electrons. The number of carbonyl (C=O) groups excluding carboxylic acids is 1. The fraction of sp³-hybridized carbons (Fsp3) is 0.107. The zero-order chi connectivity index (χ0) is 23.5.